The lowest BCUT2D eigenvalue weighted by atomic mass is 9.93. The second-order valence-corrected chi connectivity index (χ2v) is 19.7. The Balaban J connectivity index is 0.829. The van der Waals surface area contributed by atoms with Gasteiger partial charge in [-0.05, 0) is 118 Å². The van der Waals surface area contributed by atoms with Crippen molar-refractivity contribution in [3.05, 3.63) is 255 Å². The lowest BCUT2D eigenvalue weighted by Crippen LogP contribution is -2.31. The average molecular weight is 1010 g/mol. The third-order valence-corrected chi connectivity index (χ3v) is 15.3. The topological polar surface area (TPSA) is 97.2 Å². The van der Waals surface area contributed by atoms with Crippen molar-refractivity contribution in [2.45, 2.75) is 0 Å². The zero-order chi connectivity index (χ0) is 50.8. The number of aromatic amines is 1. The number of para-hydroxylation sites is 1. The van der Waals surface area contributed by atoms with Crippen LogP contribution in [0.3, 0.4) is 0 Å². The van der Waals surface area contributed by atoms with Gasteiger partial charge in [-0.15, -0.1) is 14.9 Å². The summed E-state index contributed by atoms with van der Waals surface area (Å²) < 4.78 is 16.2. The van der Waals surface area contributed by atoms with E-state index in [1.807, 2.05) is 70.3 Å². The van der Waals surface area contributed by atoms with Crippen LogP contribution in [0.2, 0.25) is 0 Å². The van der Waals surface area contributed by atoms with Gasteiger partial charge < -0.3 is 9.47 Å². The smallest absolute Gasteiger partial charge is 0.195 e. The molecule has 4 heterocycles. The first-order valence-corrected chi connectivity index (χ1v) is 26.2. The number of H-pyrrole nitrogens is 1. The van der Waals surface area contributed by atoms with Crippen LogP contribution in [0.5, 0.6) is 0 Å². The third kappa shape index (κ3) is 7.55. The van der Waals surface area contributed by atoms with Crippen molar-refractivity contribution in [2.24, 2.45) is 0 Å². The van der Waals surface area contributed by atoms with E-state index in [-0.39, 0.29) is 0 Å². The molecule has 0 spiro atoms. The highest BCUT2D eigenvalue weighted by Crippen LogP contribution is 2.44. The normalized spacial score (nSPS) is 11.6. The minimum absolute atomic E-state index is 0.805. The van der Waals surface area contributed by atoms with Gasteiger partial charge in [-0.1, -0.05) is 163 Å². The SMILES string of the molecule is c1ccc(-c2cn(-c3ccc(N(c4ccc(-[n+]5cc(-c6ccccc6)[nH]n5)cc4)c4ccc(-c5ccc6c(c5)c5ccccc5n6-c5ccc(-c6cccc7ccccc67)c6ccccc56)c5nsnc45)cc3)nn2)cc1. The van der Waals surface area contributed by atoms with Crippen LogP contribution in [-0.2, 0) is 0 Å². The summed E-state index contributed by atoms with van der Waals surface area (Å²) in [5.41, 5.74) is 18.0. The summed E-state index contributed by atoms with van der Waals surface area (Å²) >= 11 is 1.23. The highest BCUT2D eigenvalue weighted by Gasteiger charge is 2.23. The molecule has 0 aliphatic rings. The second-order valence-electron chi connectivity index (χ2n) is 19.1. The Labute approximate surface area is 445 Å². The number of benzene rings is 11. The van der Waals surface area contributed by atoms with Gasteiger partial charge >= 0.3 is 0 Å². The van der Waals surface area contributed by atoms with E-state index in [1.165, 1.54) is 49.8 Å². The van der Waals surface area contributed by atoms with E-state index in [4.69, 9.17) is 8.75 Å². The fraction of sp³-hybridized carbons (Fsp3) is 0. The molecule has 0 aliphatic carbocycles. The van der Waals surface area contributed by atoms with Crippen molar-refractivity contribution in [3.63, 3.8) is 0 Å². The number of fused-ring (bicyclic) bond motifs is 6. The average Bonchev–Trinajstić information content (AvgIpc) is 4.40. The third-order valence-electron chi connectivity index (χ3n) is 14.8. The molecule has 1 N–H and O–H groups in total. The van der Waals surface area contributed by atoms with Gasteiger partial charge in [0, 0.05) is 44.2 Å². The highest BCUT2D eigenvalue weighted by atomic mass is 32.1. The van der Waals surface area contributed by atoms with Crippen LogP contribution < -0.4 is 9.58 Å². The van der Waals surface area contributed by atoms with Gasteiger partial charge in [0.25, 0.3) is 0 Å². The highest BCUT2D eigenvalue weighted by molar-refractivity contribution is 7.00. The molecule has 10 nitrogen and oxygen atoms in total. The fourth-order valence-corrected chi connectivity index (χ4v) is 11.7. The zero-order valence-corrected chi connectivity index (χ0v) is 42.0. The van der Waals surface area contributed by atoms with Gasteiger partial charge in [0.2, 0.25) is 0 Å². The standard InChI is InChI=1S/C66H42N10S/c1-3-15-44(16-4-1)59-41-73(71-67-59)47-27-31-49(32-28-47)75(50-33-29-48(30-34-50)74-42-60(68-72-74)45-17-5-2-6-18-45)64-39-35-52(65-66(64)70-77-69-65)46-26-37-63-58(40-46)57-23-11-12-25-61(57)76(63)62-38-36-55(54-21-9-10-22-56(54)62)53-24-13-19-43-14-7-8-20-51(43)53/h1-42H/p+1. The Morgan fingerprint density at radius 2 is 1.12 bits per heavy atom. The molecule has 11 heteroatoms. The zero-order valence-electron chi connectivity index (χ0n) is 41.2. The van der Waals surface area contributed by atoms with Gasteiger partial charge in [-0.2, -0.15) is 8.75 Å². The molecule has 15 aromatic rings. The van der Waals surface area contributed by atoms with Crippen LogP contribution in [0.25, 0.3) is 116 Å². The van der Waals surface area contributed by atoms with E-state index >= 15 is 0 Å². The first-order valence-electron chi connectivity index (χ1n) is 25.5. The predicted octanol–water partition coefficient (Wildman–Crippen LogP) is 15.8. The van der Waals surface area contributed by atoms with E-state index in [9.17, 15) is 0 Å². The van der Waals surface area contributed by atoms with Crippen LogP contribution in [0.1, 0.15) is 0 Å². The van der Waals surface area contributed by atoms with Crippen LogP contribution in [0.15, 0.2) is 255 Å². The monoisotopic (exact) mass is 1010 g/mol. The molecule has 0 radical (unpaired) electrons. The number of nitrogens with zero attached hydrogens (tertiary/aromatic N) is 9. The first kappa shape index (κ1) is 44.2. The minimum atomic E-state index is 0.805. The van der Waals surface area contributed by atoms with Crippen molar-refractivity contribution in [1.82, 2.24) is 38.6 Å². The van der Waals surface area contributed by atoms with Crippen molar-refractivity contribution < 1.29 is 4.68 Å². The molecule has 4 aromatic heterocycles. The fourth-order valence-electron chi connectivity index (χ4n) is 11.1. The Hall–Kier alpha value is -10.4. The van der Waals surface area contributed by atoms with Crippen LogP contribution in [0, 0.1) is 0 Å². The summed E-state index contributed by atoms with van der Waals surface area (Å²) in [6.45, 7) is 0. The Kier molecular flexibility index (Phi) is 10.5. The van der Waals surface area contributed by atoms with E-state index in [0.717, 1.165) is 95.2 Å². The molecule has 77 heavy (non-hydrogen) atoms. The summed E-state index contributed by atoms with van der Waals surface area (Å²) in [4.78, 5) is 2.25. The van der Waals surface area contributed by atoms with Crippen molar-refractivity contribution in [3.8, 4) is 61.8 Å². The lowest BCUT2D eigenvalue weighted by Gasteiger charge is -2.26. The minimum Gasteiger partial charge on any atom is -0.309 e. The van der Waals surface area contributed by atoms with E-state index in [1.54, 1.807) is 0 Å². The maximum Gasteiger partial charge on any atom is 0.195 e. The number of rotatable bonds is 10. The molecule has 0 fully saturated rings. The first-order chi connectivity index (χ1) is 38.2. The van der Waals surface area contributed by atoms with Gasteiger partial charge in [-0.3, -0.25) is 0 Å². The van der Waals surface area contributed by atoms with Gasteiger partial charge in [0.1, 0.15) is 16.7 Å². The number of hydrogen-bond acceptors (Lipinski definition) is 7. The van der Waals surface area contributed by atoms with Crippen LogP contribution in [-0.4, -0.2) is 38.6 Å². The summed E-state index contributed by atoms with van der Waals surface area (Å²) in [7, 11) is 0. The summed E-state index contributed by atoms with van der Waals surface area (Å²) in [6, 6.07) is 85.7. The Bertz CT molecular complexity index is 4570. The number of hydrogen-bond donors (Lipinski definition) is 1. The predicted molar refractivity (Wildman–Crippen MR) is 312 cm³/mol. The number of nitrogens with one attached hydrogen (secondary N) is 1. The molecular weight excluding hydrogens is 965 g/mol. The molecule has 0 unspecified atom stereocenters. The van der Waals surface area contributed by atoms with Crippen LogP contribution >= 0.6 is 11.7 Å². The summed E-state index contributed by atoms with van der Waals surface area (Å²) in [5.74, 6) is 0. The maximum atomic E-state index is 5.04. The molecule has 0 saturated heterocycles. The van der Waals surface area contributed by atoms with E-state index in [0.29, 0.717) is 0 Å². The van der Waals surface area contributed by atoms with Gasteiger partial charge in [0.05, 0.1) is 51.2 Å². The lowest BCUT2D eigenvalue weighted by molar-refractivity contribution is -0.659. The molecule has 15 rings (SSSR count). The molecule has 0 atom stereocenters. The van der Waals surface area contributed by atoms with Crippen molar-refractivity contribution >= 4 is 83.2 Å². The largest absolute Gasteiger partial charge is 0.309 e. The van der Waals surface area contributed by atoms with Crippen LogP contribution in [0.4, 0.5) is 17.1 Å². The molecule has 362 valence electrons. The molecule has 0 aliphatic heterocycles. The van der Waals surface area contributed by atoms with Crippen molar-refractivity contribution in [1.29, 1.82) is 0 Å². The Morgan fingerprint density at radius 3 is 1.94 bits per heavy atom. The van der Waals surface area contributed by atoms with Gasteiger partial charge in [-0.25, -0.2) is 4.68 Å². The molecule has 0 saturated carbocycles. The summed E-state index contributed by atoms with van der Waals surface area (Å²) in [5, 5.41) is 24.0. The molecular formula is C66H43N10S+. The number of aromatic nitrogens is 9. The van der Waals surface area contributed by atoms with E-state index < -0.39 is 0 Å². The Morgan fingerprint density at radius 1 is 0.468 bits per heavy atom. The molecule has 11 aromatic carbocycles. The van der Waals surface area contributed by atoms with Crippen molar-refractivity contribution in [2.75, 3.05) is 4.90 Å². The summed E-state index contributed by atoms with van der Waals surface area (Å²) in [6.07, 6.45) is 3.97. The quantitative estimate of drug-likeness (QED) is 0.137. The molecule has 0 amide bonds. The second kappa shape index (κ2) is 18.2. The van der Waals surface area contributed by atoms with E-state index in [2.05, 4.69) is 224 Å². The maximum absolute atomic E-state index is 5.04. The number of anilines is 3. The van der Waals surface area contributed by atoms with Gasteiger partial charge in [0.15, 0.2) is 17.6 Å². The molecule has 0 bridgehead atoms.